The van der Waals surface area contributed by atoms with Crippen molar-refractivity contribution in [2.24, 2.45) is 0 Å². The Hall–Kier alpha value is -0.710. The fourth-order valence-electron chi connectivity index (χ4n) is 1.14. The average Bonchev–Trinajstić information content (AvgIpc) is 2.51. The molecule has 0 saturated carbocycles. The highest BCUT2D eigenvalue weighted by molar-refractivity contribution is 7.99. The summed E-state index contributed by atoms with van der Waals surface area (Å²) in [4.78, 5) is 1.16. The van der Waals surface area contributed by atoms with Crippen molar-refractivity contribution >= 4 is 11.8 Å². The van der Waals surface area contributed by atoms with Crippen LogP contribution in [0.25, 0.3) is 0 Å². The van der Waals surface area contributed by atoms with E-state index in [4.69, 9.17) is 9.94 Å². The van der Waals surface area contributed by atoms with Gasteiger partial charge in [-0.25, -0.2) is 5.48 Å². The molecule has 4 heteroatoms. The summed E-state index contributed by atoms with van der Waals surface area (Å²) in [6.07, 6.45) is 0. The molecule has 0 unspecified atom stereocenters. The van der Waals surface area contributed by atoms with Crippen LogP contribution in [0.3, 0.4) is 0 Å². The van der Waals surface area contributed by atoms with Crippen molar-refractivity contribution in [3.8, 4) is 5.75 Å². The van der Waals surface area contributed by atoms with E-state index in [2.05, 4.69) is 5.48 Å². The van der Waals surface area contributed by atoms with Gasteiger partial charge < -0.3 is 9.94 Å². The molecule has 0 atom stereocenters. The van der Waals surface area contributed by atoms with E-state index in [1.807, 2.05) is 18.2 Å². The van der Waals surface area contributed by atoms with E-state index >= 15 is 0 Å². The van der Waals surface area contributed by atoms with Crippen LogP contribution in [0, 0.1) is 0 Å². The molecule has 1 aliphatic heterocycles. The predicted octanol–water partition coefficient (Wildman–Crippen LogP) is 1.61. The molecule has 12 heavy (non-hydrogen) atoms. The molecule has 1 aromatic carbocycles. The Balaban J connectivity index is 2.26. The summed E-state index contributed by atoms with van der Waals surface area (Å²) in [5.74, 6) is 1.65. The third-order valence-corrected chi connectivity index (χ3v) is 2.59. The summed E-state index contributed by atoms with van der Waals surface area (Å²) in [5.41, 5.74) is 3.19. The second-order valence-corrected chi connectivity index (χ2v) is 3.49. The lowest BCUT2D eigenvalue weighted by Crippen LogP contribution is -2.05. The molecular formula is C8H9NO2S. The SMILES string of the molecule is ONCc1ccc2c(c1)SCO2. The molecule has 0 amide bonds. The molecule has 1 aliphatic rings. The van der Waals surface area contributed by atoms with Gasteiger partial charge in [0.15, 0.2) is 0 Å². The Morgan fingerprint density at radius 1 is 1.58 bits per heavy atom. The van der Waals surface area contributed by atoms with E-state index in [0.29, 0.717) is 12.5 Å². The lowest BCUT2D eigenvalue weighted by atomic mass is 10.2. The van der Waals surface area contributed by atoms with Crippen LogP contribution in [-0.4, -0.2) is 11.1 Å². The number of rotatable bonds is 2. The number of fused-ring (bicyclic) bond motifs is 1. The van der Waals surface area contributed by atoms with Gasteiger partial charge in [0.2, 0.25) is 0 Å². The number of nitrogens with one attached hydrogen (secondary N) is 1. The van der Waals surface area contributed by atoms with Crippen LogP contribution in [0.2, 0.25) is 0 Å². The van der Waals surface area contributed by atoms with Gasteiger partial charge >= 0.3 is 0 Å². The largest absolute Gasteiger partial charge is 0.481 e. The molecule has 3 nitrogen and oxygen atoms in total. The first-order chi connectivity index (χ1) is 5.90. The molecule has 0 spiro atoms. The Bertz CT molecular complexity index is 290. The summed E-state index contributed by atoms with van der Waals surface area (Å²) in [6.45, 7) is 0.480. The van der Waals surface area contributed by atoms with Crippen molar-refractivity contribution in [3.63, 3.8) is 0 Å². The molecule has 0 fully saturated rings. The lowest BCUT2D eigenvalue weighted by Gasteiger charge is -2.01. The maximum atomic E-state index is 8.48. The smallest absolute Gasteiger partial charge is 0.138 e. The molecular weight excluding hydrogens is 174 g/mol. The van der Waals surface area contributed by atoms with Crippen LogP contribution in [0.5, 0.6) is 5.75 Å². The summed E-state index contributed by atoms with van der Waals surface area (Å²) >= 11 is 1.68. The van der Waals surface area contributed by atoms with Gasteiger partial charge in [-0.2, -0.15) is 0 Å². The van der Waals surface area contributed by atoms with Crippen molar-refractivity contribution < 1.29 is 9.94 Å². The monoisotopic (exact) mass is 183 g/mol. The van der Waals surface area contributed by atoms with Crippen molar-refractivity contribution in [2.75, 3.05) is 5.94 Å². The molecule has 0 radical (unpaired) electrons. The molecule has 64 valence electrons. The molecule has 1 heterocycles. The van der Waals surface area contributed by atoms with Crippen LogP contribution in [0.15, 0.2) is 23.1 Å². The molecule has 2 rings (SSSR count). The van der Waals surface area contributed by atoms with E-state index in [1.165, 1.54) is 0 Å². The normalized spacial score (nSPS) is 14.1. The Morgan fingerprint density at radius 2 is 2.50 bits per heavy atom. The summed E-state index contributed by atoms with van der Waals surface area (Å²) in [5, 5.41) is 8.48. The fraction of sp³-hybridized carbons (Fsp3) is 0.250. The van der Waals surface area contributed by atoms with E-state index < -0.39 is 0 Å². The number of thioether (sulfide) groups is 1. The van der Waals surface area contributed by atoms with Crippen LogP contribution >= 0.6 is 11.8 Å². The van der Waals surface area contributed by atoms with Gasteiger partial charge in [0.1, 0.15) is 11.7 Å². The zero-order valence-electron chi connectivity index (χ0n) is 6.41. The fourth-order valence-corrected chi connectivity index (χ4v) is 1.96. The highest BCUT2D eigenvalue weighted by Crippen LogP contribution is 2.36. The van der Waals surface area contributed by atoms with Crippen molar-refractivity contribution in [1.29, 1.82) is 0 Å². The van der Waals surface area contributed by atoms with E-state index in [0.717, 1.165) is 16.2 Å². The Kier molecular flexibility index (Phi) is 2.21. The van der Waals surface area contributed by atoms with Gasteiger partial charge in [0.05, 0.1) is 4.90 Å². The minimum atomic E-state index is 0.480. The molecule has 1 aromatic rings. The highest BCUT2D eigenvalue weighted by Gasteiger charge is 2.12. The van der Waals surface area contributed by atoms with Gasteiger partial charge in [-0.05, 0) is 17.7 Å². The Morgan fingerprint density at radius 3 is 3.33 bits per heavy atom. The van der Waals surface area contributed by atoms with Crippen molar-refractivity contribution in [1.82, 2.24) is 5.48 Å². The van der Waals surface area contributed by atoms with Gasteiger partial charge in [-0.1, -0.05) is 17.8 Å². The zero-order chi connectivity index (χ0) is 8.39. The second kappa shape index (κ2) is 3.35. The summed E-state index contributed by atoms with van der Waals surface area (Å²) < 4.78 is 5.31. The van der Waals surface area contributed by atoms with Crippen LogP contribution < -0.4 is 10.2 Å². The van der Waals surface area contributed by atoms with Gasteiger partial charge in [0.25, 0.3) is 0 Å². The molecule has 2 N–H and O–H groups in total. The number of hydroxylamine groups is 1. The minimum absolute atomic E-state index is 0.480. The lowest BCUT2D eigenvalue weighted by molar-refractivity contribution is 0.161. The third kappa shape index (κ3) is 1.41. The topological polar surface area (TPSA) is 41.5 Å². The first-order valence-electron chi connectivity index (χ1n) is 3.65. The van der Waals surface area contributed by atoms with Crippen LogP contribution in [0.1, 0.15) is 5.56 Å². The molecule has 0 bridgehead atoms. The van der Waals surface area contributed by atoms with E-state index in [1.54, 1.807) is 11.8 Å². The van der Waals surface area contributed by atoms with Crippen LogP contribution in [0.4, 0.5) is 0 Å². The first-order valence-corrected chi connectivity index (χ1v) is 4.64. The number of ether oxygens (including phenoxy) is 1. The summed E-state index contributed by atoms with van der Waals surface area (Å²) in [7, 11) is 0. The maximum Gasteiger partial charge on any atom is 0.138 e. The van der Waals surface area contributed by atoms with E-state index in [-0.39, 0.29) is 0 Å². The second-order valence-electron chi connectivity index (χ2n) is 2.52. The molecule has 0 aromatic heterocycles. The molecule has 0 aliphatic carbocycles. The standard InChI is InChI=1S/C8H9NO2S/c10-9-4-6-1-2-7-8(3-6)12-5-11-7/h1-3,9-10H,4-5H2. The van der Waals surface area contributed by atoms with Crippen molar-refractivity contribution in [2.45, 2.75) is 11.4 Å². The first kappa shape index (κ1) is 7.91. The van der Waals surface area contributed by atoms with Gasteiger partial charge in [-0.3, -0.25) is 0 Å². The van der Waals surface area contributed by atoms with E-state index in [9.17, 15) is 0 Å². The van der Waals surface area contributed by atoms with Gasteiger partial charge in [-0.15, -0.1) is 0 Å². The average molecular weight is 183 g/mol. The quantitative estimate of drug-likeness (QED) is 0.683. The third-order valence-electron chi connectivity index (χ3n) is 1.72. The Labute approximate surface area is 74.7 Å². The molecule has 0 saturated heterocycles. The number of hydrogen-bond acceptors (Lipinski definition) is 4. The van der Waals surface area contributed by atoms with Crippen molar-refractivity contribution in [3.05, 3.63) is 23.8 Å². The van der Waals surface area contributed by atoms with Crippen LogP contribution in [-0.2, 0) is 6.54 Å². The number of benzene rings is 1. The van der Waals surface area contributed by atoms with Gasteiger partial charge in [0, 0.05) is 6.54 Å². The predicted molar refractivity (Wildman–Crippen MR) is 46.4 cm³/mol. The zero-order valence-corrected chi connectivity index (χ0v) is 7.23. The summed E-state index contributed by atoms with van der Waals surface area (Å²) in [6, 6.07) is 5.90. The minimum Gasteiger partial charge on any atom is -0.481 e. The maximum absolute atomic E-state index is 8.48. The number of hydrogen-bond donors (Lipinski definition) is 2. The highest BCUT2D eigenvalue weighted by atomic mass is 32.2.